The Kier molecular flexibility index (Phi) is 5.91. The van der Waals surface area contributed by atoms with Crippen molar-refractivity contribution >= 4 is 28.9 Å². The Morgan fingerprint density at radius 2 is 2.05 bits per heavy atom. The number of para-hydroxylation sites is 1. The van der Waals surface area contributed by atoms with Crippen molar-refractivity contribution < 1.29 is 9.53 Å². The molecule has 114 valence electrons. The smallest absolute Gasteiger partial charge is 0.250 e. The third kappa shape index (κ3) is 4.96. The van der Waals surface area contributed by atoms with Crippen LogP contribution in [0.25, 0.3) is 0 Å². The zero-order chi connectivity index (χ0) is 15.1. The maximum atomic E-state index is 11.3. The van der Waals surface area contributed by atoms with Crippen molar-refractivity contribution in [2.45, 2.75) is 0 Å². The molecule has 7 heteroatoms. The summed E-state index contributed by atoms with van der Waals surface area (Å²) >= 11 is 5.23. The number of morpholine rings is 1. The van der Waals surface area contributed by atoms with Crippen molar-refractivity contribution in [1.29, 1.82) is 0 Å². The second-order valence-electron chi connectivity index (χ2n) is 4.74. The predicted octanol–water partition coefficient (Wildman–Crippen LogP) is 0.404. The molecule has 1 heterocycles. The van der Waals surface area contributed by atoms with Gasteiger partial charge in [0.05, 0.1) is 24.5 Å². The van der Waals surface area contributed by atoms with Crippen LogP contribution in [0.4, 0.5) is 5.69 Å². The second-order valence-corrected chi connectivity index (χ2v) is 5.15. The summed E-state index contributed by atoms with van der Waals surface area (Å²) in [5.41, 5.74) is 6.37. The van der Waals surface area contributed by atoms with E-state index < -0.39 is 5.91 Å². The fourth-order valence-corrected chi connectivity index (χ4v) is 2.34. The number of rotatable bonds is 5. The molecule has 1 aliphatic rings. The molecule has 1 aromatic rings. The zero-order valence-corrected chi connectivity index (χ0v) is 12.6. The molecule has 0 aromatic heterocycles. The highest BCUT2D eigenvalue weighted by Crippen LogP contribution is 2.13. The first-order chi connectivity index (χ1) is 10.2. The van der Waals surface area contributed by atoms with Gasteiger partial charge >= 0.3 is 0 Å². The van der Waals surface area contributed by atoms with Crippen LogP contribution < -0.4 is 16.4 Å². The number of amides is 1. The van der Waals surface area contributed by atoms with E-state index in [1.807, 2.05) is 6.07 Å². The number of nitrogens with two attached hydrogens (primary N) is 1. The lowest BCUT2D eigenvalue weighted by Gasteiger charge is -2.26. The Morgan fingerprint density at radius 3 is 2.76 bits per heavy atom. The van der Waals surface area contributed by atoms with Crippen LogP contribution in [0.2, 0.25) is 0 Å². The molecule has 1 amide bonds. The molecule has 0 spiro atoms. The summed E-state index contributed by atoms with van der Waals surface area (Å²) in [6.07, 6.45) is 0. The minimum Gasteiger partial charge on any atom is -0.379 e. The number of carbonyl (C=O) groups is 1. The quantitative estimate of drug-likeness (QED) is 0.684. The molecule has 0 atom stereocenters. The van der Waals surface area contributed by atoms with Gasteiger partial charge in [-0.3, -0.25) is 9.69 Å². The lowest BCUT2D eigenvalue weighted by molar-refractivity contribution is 0.0389. The molecule has 21 heavy (non-hydrogen) atoms. The lowest BCUT2D eigenvalue weighted by Crippen LogP contribution is -2.42. The van der Waals surface area contributed by atoms with Gasteiger partial charge in [-0.05, 0) is 24.4 Å². The summed E-state index contributed by atoms with van der Waals surface area (Å²) in [6, 6.07) is 7.03. The molecule has 6 nitrogen and oxygen atoms in total. The maximum Gasteiger partial charge on any atom is 0.250 e. The fraction of sp³-hybridized carbons (Fsp3) is 0.429. The van der Waals surface area contributed by atoms with Crippen LogP contribution in [0.3, 0.4) is 0 Å². The van der Waals surface area contributed by atoms with Gasteiger partial charge in [0.2, 0.25) is 0 Å². The van der Waals surface area contributed by atoms with E-state index in [4.69, 9.17) is 22.7 Å². The van der Waals surface area contributed by atoms with E-state index in [1.54, 1.807) is 18.2 Å². The highest BCUT2D eigenvalue weighted by atomic mass is 32.1. The molecule has 0 saturated carbocycles. The topological polar surface area (TPSA) is 79.6 Å². The largest absolute Gasteiger partial charge is 0.379 e. The average Bonchev–Trinajstić information content (AvgIpc) is 2.48. The van der Waals surface area contributed by atoms with Crippen LogP contribution in [0.1, 0.15) is 10.4 Å². The lowest BCUT2D eigenvalue weighted by atomic mass is 10.1. The number of primary amides is 1. The summed E-state index contributed by atoms with van der Waals surface area (Å²) in [7, 11) is 0. The van der Waals surface area contributed by atoms with E-state index >= 15 is 0 Å². The summed E-state index contributed by atoms with van der Waals surface area (Å²) in [4.78, 5) is 13.6. The average molecular weight is 308 g/mol. The third-order valence-corrected chi connectivity index (χ3v) is 3.50. The van der Waals surface area contributed by atoms with Crippen LogP contribution in [0.15, 0.2) is 24.3 Å². The second kappa shape index (κ2) is 7.92. The highest BCUT2D eigenvalue weighted by molar-refractivity contribution is 7.80. The monoisotopic (exact) mass is 308 g/mol. The van der Waals surface area contributed by atoms with Crippen LogP contribution in [0, 0.1) is 0 Å². The van der Waals surface area contributed by atoms with Crippen LogP contribution >= 0.6 is 12.2 Å². The zero-order valence-electron chi connectivity index (χ0n) is 11.8. The summed E-state index contributed by atoms with van der Waals surface area (Å²) in [5, 5.41) is 6.62. The predicted molar refractivity (Wildman–Crippen MR) is 86.4 cm³/mol. The molecule has 1 aromatic carbocycles. The van der Waals surface area contributed by atoms with E-state index in [0.29, 0.717) is 16.4 Å². The summed E-state index contributed by atoms with van der Waals surface area (Å²) in [5.74, 6) is -0.478. The number of benzene rings is 1. The van der Waals surface area contributed by atoms with Gasteiger partial charge in [-0.15, -0.1) is 0 Å². The van der Waals surface area contributed by atoms with Gasteiger partial charge in [-0.2, -0.15) is 0 Å². The van der Waals surface area contributed by atoms with Crippen molar-refractivity contribution in [2.75, 3.05) is 44.7 Å². The Labute approximate surface area is 129 Å². The van der Waals surface area contributed by atoms with Crippen molar-refractivity contribution in [2.24, 2.45) is 5.73 Å². The minimum atomic E-state index is -0.478. The van der Waals surface area contributed by atoms with Gasteiger partial charge < -0.3 is 21.1 Å². The number of anilines is 1. The number of hydrogen-bond donors (Lipinski definition) is 3. The normalized spacial score (nSPS) is 15.4. The van der Waals surface area contributed by atoms with Crippen LogP contribution in [-0.2, 0) is 4.74 Å². The Balaban J connectivity index is 1.78. The Morgan fingerprint density at radius 1 is 1.33 bits per heavy atom. The van der Waals surface area contributed by atoms with Gasteiger partial charge in [-0.1, -0.05) is 12.1 Å². The van der Waals surface area contributed by atoms with Gasteiger partial charge in [0.25, 0.3) is 5.91 Å². The molecule has 0 unspecified atom stereocenters. The number of carbonyl (C=O) groups excluding carboxylic acids is 1. The molecule has 2 rings (SSSR count). The first kappa shape index (κ1) is 15.7. The Hall–Kier alpha value is -1.70. The van der Waals surface area contributed by atoms with Crippen molar-refractivity contribution in [1.82, 2.24) is 10.2 Å². The molecule has 0 aliphatic carbocycles. The van der Waals surface area contributed by atoms with E-state index in [2.05, 4.69) is 15.5 Å². The number of ether oxygens (including phenoxy) is 1. The fourth-order valence-electron chi connectivity index (χ4n) is 2.13. The van der Waals surface area contributed by atoms with E-state index in [-0.39, 0.29) is 0 Å². The standard InChI is InChI=1S/C14H20N4O2S/c15-13(19)11-3-1-2-4-12(11)17-14(21)16-5-6-18-7-9-20-10-8-18/h1-4H,5-10H2,(H2,15,19)(H2,16,17,21). The molecule has 0 radical (unpaired) electrons. The Bertz CT molecular complexity index is 504. The van der Waals surface area contributed by atoms with Gasteiger partial charge in [-0.25, -0.2) is 0 Å². The van der Waals surface area contributed by atoms with Crippen LogP contribution in [-0.4, -0.2) is 55.3 Å². The molecule has 1 saturated heterocycles. The minimum absolute atomic E-state index is 0.426. The van der Waals surface area contributed by atoms with E-state index in [9.17, 15) is 4.79 Å². The molecule has 1 fully saturated rings. The van der Waals surface area contributed by atoms with Gasteiger partial charge in [0.1, 0.15) is 0 Å². The summed E-state index contributed by atoms with van der Waals surface area (Å²) in [6.45, 7) is 5.12. The van der Waals surface area contributed by atoms with Gasteiger partial charge in [0, 0.05) is 26.2 Å². The number of nitrogens with zero attached hydrogens (tertiary/aromatic N) is 1. The van der Waals surface area contributed by atoms with Crippen molar-refractivity contribution in [3.05, 3.63) is 29.8 Å². The summed E-state index contributed by atoms with van der Waals surface area (Å²) < 4.78 is 5.30. The number of nitrogens with one attached hydrogen (secondary N) is 2. The van der Waals surface area contributed by atoms with Crippen molar-refractivity contribution in [3.63, 3.8) is 0 Å². The first-order valence-electron chi connectivity index (χ1n) is 6.90. The molecule has 0 bridgehead atoms. The van der Waals surface area contributed by atoms with E-state index in [0.717, 1.165) is 39.4 Å². The molecular weight excluding hydrogens is 288 g/mol. The highest BCUT2D eigenvalue weighted by Gasteiger charge is 2.10. The van der Waals surface area contributed by atoms with Gasteiger partial charge in [0.15, 0.2) is 5.11 Å². The van der Waals surface area contributed by atoms with Crippen LogP contribution in [0.5, 0.6) is 0 Å². The SMILES string of the molecule is NC(=O)c1ccccc1NC(=S)NCCN1CCOCC1. The third-order valence-electron chi connectivity index (χ3n) is 3.26. The number of hydrogen-bond acceptors (Lipinski definition) is 4. The molecule has 1 aliphatic heterocycles. The molecule has 4 N–H and O–H groups in total. The molecular formula is C14H20N4O2S. The number of thiocarbonyl (C=S) groups is 1. The first-order valence-corrected chi connectivity index (χ1v) is 7.31. The van der Waals surface area contributed by atoms with Crippen molar-refractivity contribution in [3.8, 4) is 0 Å². The van der Waals surface area contributed by atoms with E-state index in [1.165, 1.54) is 0 Å². The maximum absolute atomic E-state index is 11.3.